The van der Waals surface area contributed by atoms with Gasteiger partial charge >= 0.3 is 6.03 Å². The third-order valence-electron chi connectivity index (χ3n) is 3.14. The fraction of sp³-hybridized carbons (Fsp3) is 0.133. The molecule has 2 amide bonds. The Morgan fingerprint density at radius 1 is 1.29 bits per heavy atom. The molecule has 0 saturated heterocycles. The molecule has 6 heteroatoms. The minimum absolute atomic E-state index is 0.0117. The van der Waals surface area contributed by atoms with Gasteiger partial charge in [0.25, 0.3) is 0 Å². The summed E-state index contributed by atoms with van der Waals surface area (Å²) < 4.78 is 13.1. The summed E-state index contributed by atoms with van der Waals surface area (Å²) in [6.07, 6.45) is 0. The van der Waals surface area contributed by atoms with Crippen LogP contribution in [-0.2, 0) is 0 Å². The maximum Gasteiger partial charge on any atom is 0.326 e. The number of fused-ring (bicyclic) bond motifs is 1. The Labute approximate surface area is 131 Å². The normalized spacial score (nSPS) is 13.7. The molecule has 2 aromatic rings. The van der Waals surface area contributed by atoms with E-state index in [0.717, 1.165) is 16.3 Å². The van der Waals surface area contributed by atoms with Crippen LogP contribution in [0.5, 0.6) is 0 Å². The lowest BCUT2D eigenvalue weighted by Crippen LogP contribution is -2.38. The first-order valence-corrected chi connectivity index (χ1v) is 7.77. The molecule has 3 rings (SSSR count). The van der Waals surface area contributed by atoms with Crippen molar-refractivity contribution in [3.05, 3.63) is 53.3 Å². The molecule has 1 N–H and O–H groups in total. The fourth-order valence-electron chi connectivity index (χ4n) is 2.15. The van der Waals surface area contributed by atoms with Crippen molar-refractivity contribution in [3.63, 3.8) is 0 Å². The quantitative estimate of drug-likeness (QED) is 0.830. The number of hydrogen-bond acceptors (Lipinski definition) is 2. The van der Waals surface area contributed by atoms with E-state index in [4.69, 9.17) is 11.6 Å². The number of hydrogen-bond donors (Lipinski definition) is 1. The Morgan fingerprint density at radius 2 is 2.10 bits per heavy atom. The zero-order chi connectivity index (χ0) is 14.8. The number of anilines is 2. The highest BCUT2D eigenvalue weighted by atomic mass is 35.5. The van der Waals surface area contributed by atoms with Crippen LogP contribution >= 0.6 is 23.4 Å². The average molecular weight is 323 g/mol. The second-order valence-electron chi connectivity index (χ2n) is 4.53. The van der Waals surface area contributed by atoms with Crippen LogP contribution in [0.15, 0.2) is 47.4 Å². The van der Waals surface area contributed by atoms with Crippen molar-refractivity contribution >= 4 is 40.8 Å². The molecule has 0 spiro atoms. The molecule has 0 radical (unpaired) electrons. The second kappa shape index (κ2) is 5.95. The number of benzene rings is 2. The summed E-state index contributed by atoms with van der Waals surface area (Å²) in [5, 5.41) is 2.74. The molecule has 21 heavy (non-hydrogen) atoms. The molecule has 1 heterocycles. The Morgan fingerprint density at radius 3 is 2.90 bits per heavy atom. The molecule has 0 bridgehead atoms. The lowest BCUT2D eigenvalue weighted by Gasteiger charge is -2.29. The van der Waals surface area contributed by atoms with E-state index in [-0.39, 0.29) is 11.1 Å². The van der Waals surface area contributed by atoms with E-state index in [2.05, 4.69) is 5.32 Å². The topological polar surface area (TPSA) is 32.3 Å². The smallest absolute Gasteiger partial charge is 0.307 e. The average Bonchev–Trinajstić information content (AvgIpc) is 2.50. The summed E-state index contributed by atoms with van der Waals surface area (Å²) >= 11 is 7.45. The van der Waals surface area contributed by atoms with Crippen molar-refractivity contribution in [2.75, 3.05) is 22.5 Å². The molecular formula is C15H12ClFN2OS. The summed E-state index contributed by atoms with van der Waals surface area (Å²) in [6, 6.07) is 11.6. The van der Waals surface area contributed by atoms with Gasteiger partial charge in [0.1, 0.15) is 5.82 Å². The summed E-state index contributed by atoms with van der Waals surface area (Å²) in [5.41, 5.74) is 1.36. The van der Waals surface area contributed by atoms with Crippen molar-refractivity contribution in [1.29, 1.82) is 0 Å². The van der Waals surface area contributed by atoms with Crippen molar-refractivity contribution in [3.8, 4) is 0 Å². The number of rotatable bonds is 1. The van der Waals surface area contributed by atoms with Gasteiger partial charge in [0.2, 0.25) is 0 Å². The van der Waals surface area contributed by atoms with Crippen LogP contribution in [0.2, 0.25) is 5.02 Å². The number of carbonyl (C=O) groups excluding carboxylic acids is 1. The van der Waals surface area contributed by atoms with E-state index in [1.807, 2.05) is 24.3 Å². The first kappa shape index (κ1) is 14.2. The van der Waals surface area contributed by atoms with E-state index in [0.29, 0.717) is 12.2 Å². The molecule has 0 aliphatic carbocycles. The number of urea groups is 1. The van der Waals surface area contributed by atoms with Gasteiger partial charge in [-0.15, -0.1) is 11.8 Å². The Balaban J connectivity index is 1.81. The number of halogens is 2. The number of thioether (sulfide) groups is 1. The van der Waals surface area contributed by atoms with Gasteiger partial charge in [0.15, 0.2) is 0 Å². The highest BCUT2D eigenvalue weighted by molar-refractivity contribution is 7.99. The second-order valence-corrected chi connectivity index (χ2v) is 6.07. The van der Waals surface area contributed by atoms with Gasteiger partial charge in [-0.3, -0.25) is 4.90 Å². The van der Waals surface area contributed by atoms with Gasteiger partial charge in [0.05, 0.1) is 10.7 Å². The number of para-hydroxylation sites is 1. The number of amides is 2. The Hall–Kier alpha value is -1.72. The van der Waals surface area contributed by atoms with Crippen LogP contribution in [0, 0.1) is 5.82 Å². The standard InChI is InChI=1S/C15H12ClFN2OS/c16-11-9-10(5-6-12(11)17)18-15(20)19-7-8-21-14-4-2-1-3-13(14)19/h1-6,9H,7-8H2,(H,18,20). The first-order chi connectivity index (χ1) is 10.1. The minimum Gasteiger partial charge on any atom is -0.307 e. The summed E-state index contributed by atoms with van der Waals surface area (Å²) in [4.78, 5) is 15.2. The maximum atomic E-state index is 13.1. The van der Waals surface area contributed by atoms with Gasteiger partial charge in [0, 0.05) is 22.9 Å². The lowest BCUT2D eigenvalue weighted by molar-refractivity contribution is 0.257. The third-order valence-corrected chi connectivity index (χ3v) is 4.48. The first-order valence-electron chi connectivity index (χ1n) is 6.40. The van der Waals surface area contributed by atoms with E-state index in [1.165, 1.54) is 18.2 Å². The molecule has 2 aromatic carbocycles. The highest BCUT2D eigenvalue weighted by Crippen LogP contribution is 2.34. The minimum atomic E-state index is -0.505. The molecule has 1 aliphatic heterocycles. The van der Waals surface area contributed by atoms with Gasteiger partial charge in [-0.05, 0) is 30.3 Å². The Kier molecular flexibility index (Phi) is 4.03. The molecule has 0 saturated carbocycles. The maximum absolute atomic E-state index is 13.1. The van der Waals surface area contributed by atoms with E-state index >= 15 is 0 Å². The summed E-state index contributed by atoms with van der Waals surface area (Å²) in [6.45, 7) is 0.627. The van der Waals surface area contributed by atoms with Gasteiger partial charge in [-0.25, -0.2) is 9.18 Å². The molecule has 1 aliphatic rings. The molecule has 0 atom stereocenters. The predicted molar refractivity (Wildman–Crippen MR) is 84.9 cm³/mol. The zero-order valence-corrected chi connectivity index (χ0v) is 12.5. The van der Waals surface area contributed by atoms with Crippen LogP contribution < -0.4 is 10.2 Å². The van der Waals surface area contributed by atoms with Gasteiger partial charge in [-0.2, -0.15) is 0 Å². The van der Waals surface area contributed by atoms with Crippen LogP contribution in [0.4, 0.5) is 20.6 Å². The zero-order valence-electron chi connectivity index (χ0n) is 11.0. The molecule has 108 valence electrons. The van der Waals surface area contributed by atoms with E-state index < -0.39 is 5.82 Å². The van der Waals surface area contributed by atoms with E-state index in [9.17, 15) is 9.18 Å². The van der Waals surface area contributed by atoms with Crippen LogP contribution in [0.25, 0.3) is 0 Å². The molecule has 3 nitrogen and oxygen atoms in total. The van der Waals surface area contributed by atoms with Crippen molar-refractivity contribution in [2.24, 2.45) is 0 Å². The summed E-state index contributed by atoms with van der Waals surface area (Å²) in [5.74, 6) is 0.337. The predicted octanol–water partition coefficient (Wildman–Crippen LogP) is 4.62. The summed E-state index contributed by atoms with van der Waals surface area (Å²) in [7, 11) is 0. The molecule has 0 aromatic heterocycles. The molecular weight excluding hydrogens is 311 g/mol. The SMILES string of the molecule is O=C(Nc1ccc(F)c(Cl)c1)N1CCSc2ccccc21. The fourth-order valence-corrected chi connectivity index (χ4v) is 3.32. The number of nitrogens with one attached hydrogen (secondary N) is 1. The number of nitrogens with zero attached hydrogens (tertiary/aromatic N) is 1. The van der Waals surface area contributed by atoms with Crippen molar-refractivity contribution in [1.82, 2.24) is 0 Å². The third kappa shape index (κ3) is 2.99. The van der Waals surface area contributed by atoms with Gasteiger partial charge in [-0.1, -0.05) is 23.7 Å². The number of carbonyl (C=O) groups is 1. The molecule has 0 fully saturated rings. The Bertz CT molecular complexity index is 695. The van der Waals surface area contributed by atoms with E-state index in [1.54, 1.807) is 16.7 Å². The monoisotopic (exact) mass is 322 g/mol. The van der Waals surface area contributed by atoms with Crippen LogP contribution in [-0.4, -0.2) is 18.3 Å². The highest BCUT2D eigenvalue weighted by Gasteiger charge is 2.22. The van der Waals surface area contributed by atoms with Crippen molar-refractivity contribution in [2.45, 2.75) is 4.90 Å². The molecule has 0 unspecified atom stereocenters. The van der Waals surface area contributed by atoms with Crippen LogP contribution in [0.1, 0.15) is 0 Å². The lowest BCUT2D eigenvalue weighted by atomic mass is 10.3. The largest absolute Gasteiger partial charge is 0.326 e. The van der Waals surface area contributed by atoms with Crippen LogP contribution in [0.3, 0.4) is 0 Å². The van der Waals surface area contributed by atoms with Crippen molar-refractivity contribution < 1.29 is 9.18 Å². The van der Waals surface area contributed by atoms with Gasteiger partial charge < -0.3 is 5.32 Å².